The molecule has 1 N–H and O–H groups in total. The number of thiazole rings is 1. The number of amides is 1. The number of carbonyl (C=O) groups excluding carboxylic acids is 1. The van der Waals surface area contributed by atoms with E-state index in [1.165, 1.54) is 11.3 Å². The van der Waals surface area contributed by atoms with Gasteiger partial charge in [0.25, 0.3) is 11.5 Å². The maximum absolute atomic E-state index is 14.2. The molecule has 0 saturated carbocycles. The van der Waals surface area contributed by atoms with E-state index in [0.717, 1.165) is 25.8 Å². The summed E-state index contributed by atoms with van der Waals surface area (Å²) in [6, 6.07) is 27.8. The fraction of sp³-hybridized carbons (Fsp3) is 0.139. The Balaban J connectivity index is 1.40. The Bertz CT molecular complexity index is 2160. The van der Waals surface area contributed by atoms with E-state index < -0.39 is 6.04 Å². The minimum Gasteiger partial charge on any atom is -0.493 e. The third-order valence-corrected chi connectivity index (χ3v) is 9.72. The quantitative estimate of drug-likeness (QED) is 0.172. The Morgan fingerprint density at radius 1 is 1.04 bits per heavy atom. The van der Waals surface area contributed by atoms with Crippen LogP contribution in [0.5, 0.6) is 11.5 Å². The van der Waals surface area contributed by atoms with E-state index >= 15 is 0 Å². The minimum atomic E-state index is -0.655. The lowest BCUT2D eigenvalue weighted by Gasteiger charge is -2.25. The molecule has 1 aromatic heterocycles. The molecule has 7 nitrogen and oxygen atoms in total. The first kappa shape index (κ1) is 31.8. The van der Waals surface area contributed by atoms with E-state index in [0.29, 0.717) is 42.8 Å². The molecule has 4 aromatic carbocycles. The molecule has 1 aliphatic rings. The molecule has 232 valence electrons. The standard InChI is InChI=1S/C36H29ClIN3O4S/c1-21-13-15-24(16-14-21)32-31(34(42)40-26-10-5-4-6-11-26)22(2)39-36-41(32)35(43)30(46-36)19-23-17-28(38)33(29(18-23)44-3)45-20-25-9-7-8-12-27(25)37/h4-19,32H,20H2,1-3H3,(H,40,42)/b30-19-/t32-/m1/s1. The fourth-order valence-electron chi connectivity index (χ4n) is 5.28. The molecule has 0 bridgehead atoms. The molecule has 1 aliphatic heterocycles. The van der Waals surface area contributed by atoms with Gasteiger partial charge < -0.3 is 14.8 Å². The van der Waals surface area contributed by atoms with Crippen LogP contribution < -0.4 is 29.7 Å². The summed E-state index contributed by atoms with van der Waals surface area (Å²) in [5, 5.41) is 3.62. The molecular formula is C36H29ClIN3O4S. The number of carbonyl (C=O) groups is 1. The molecular weight excluding hydrogens is 733 g/mol. The highest BCUT2D eigenvalue weighted by Gasteiger charge is 2.32. The number of anilines is 1. The van der Waals surface area contributed by atoms with Gasteiger partial charge in [-0.3, -0.25) is 14.2 Å². The lowest BCUT2D eigenvalue weighted by molar-refractivity contribution is -0.113. The van der Waals surface area contributed by atoms with Crippen molar-refractivity contribution in [1.29, 1.82) is 0 Å². The summed E-state index contributed by atoms with van der Waals surface area (Å²) in [7, 11) is 1.58. The van der Waals surface area contributed by atoms with Gasteiger partial charge in [0.15, 0.2) is 16.3 Å². The molecule has 5 aromatic rings. The molecule has 0 saturated heterocycles. The summed E-state index contributed by atoms with van der Waals surface area (Å²) in [6.45, 7) is 4.09. The number of ether oxygens (including phenoxy) is 2. The average molecular weight is 762 g/mol. The molecule has 0 unspecified atom stereocenters. The number of allylic oxidation sites excluding steroid dienone is 1. The molecule has 2 heterocycles. The first-order chi connectivity index (χ1) is 22.2. The van der Waals surface area contributed by atoms with Gasteiger partial charge in [-0.2, -0.15) is 0 Å². The number of methoxy groups -OCH3 is 1. The molecule has 6 rings (SSSR count). The Hall–Kier alpha value is -4.19. The number of fused-ring (bicyclic) bond motifs is 1. The minimum absolute atomic E-state index is 0.236. The van der Waals surface area contributed by atoms with Gasteiger partial charge in [0, 0.05) is 16.3 Å². The van der Waals surface area contributed by atoms with Gasteiger partial charge in [0.2, 0.25) is 0 Å². The van der Waals surface area contributed by atoms with E-state index in [2.05, 4.69) is 27.9 Å². The van der Waals surface area contributed by atoms with Crippen molar-refractivity contribution in [3.63, 3.8) is 0 Å². The molecule has 0 fully saturated rings. The Morgan fingerprint density at radius 2 is 1.76 bits per heavy atom. The monoisotopic (exact) mass is 761 g/mol. The fourth-order valence-corrected chi connectivity index (χ4v) is 7.29. The zero-order valence-corrected chi connectivity index (χ0v) is 28.9. The molecule has 0 aliphatic carbocycles. The van der Waals surface area contributed by atoms with Gasteiger partial charge in [0.05, 0.1) is 32.5 Å². The molecule has 10 heteroatoms. The van der Waals surface area contributed by atoms with Crippen LogP contribution in [0.3, 0.4) is 0 Å². The predicted molar refractivity (Wildman–Crippen MR) is 192 cm³/mol. The highest BCUT2D eigenvalue weighted by molar-refractivity contribution is 14.1. The van der Waals surface area contributed by atoms with Gasteiger partial charge >= 0.3 is 0 Å². The molecule has 46 heavy (non-hydrogen) atoms. The number of benzene rings is 4. The second-order valence-corrected chi connectivity index (χ2v) is 13.3. The van der Waals surface area contributed by atoms with Crippen LogP contribution in [0, 0.1) is 10.5 Å². The largest absolute Gasteiger partial charge is 0.493 e. The van der Waals surface area contributed by atoms with E-state index in [1.54, 1.807) is 11.7 Å². The number of aryl methyl sites for hydroxylation is 1. The van der Waals surface area contributed by atoms with Crippen molar-refractivity contribution in [2.45, 2.75) is 26.5 Å². The van der Waals surface area contributed by atoms with E-state index in [1.807, 2.05) is 111 Å². The van der Waals surface area contributed by atoms with Crippen molar-refractivity contribution in [1.82, 2.24) is 4.57 Å². The number of nitrogens with one attached hydrogen (secondary N) is 1. The third kappa shape index (κ3) is 6.53. The summed E-state index contributed by atoms with van der Waals surface area (Å²) in [5.74, 6) is 0.816. The second kappa shape index (κ2) is 13.7. The number of nitrogens with zero attached hydrogens (tertiary/aromatic N) is 2. The first-order valence-electron chi connectivity index (χ1n) is 14.4. The summed E-state index contributed by atoms with van der Waals surface area (Å²) < 4.78 is 14.7. The smallest absolute Gasteiger partial charge is 0.271 e. The molecule has 1 amide bonds. The normalized spacial score (nSPS) is 14.5. The average Bonchev–Trinajstić information content (AvgIpc) is 3.34. The maximum Gasteiger partial charge on any atom is 0.271 e. The van der Waals surface area contributed by atoms with Crippen molar-refractivity contribution < 1.29 is 14.3 Å². The third-order valence-electron chi connectivity index (χ3n) is 7.57. The van der Waals surface area contributed by atoms with E-state index in [9.17, 15) is 9.59 Å². The first-order valence-corrected chi connectivity index (χ1v) is 16.7. The van der Waals surface area contributed by atoms with Crippen molar-refractivity contribution in [2.75, 3.05) is 12.4 Å². The van der Waals surface area contributed by atoms with Crippen LogP contribution in [0.15, 0.2) is 112 Å². The Morgan fingerprint density at radius 3 is 2.48 bits per heavy atom. The number of rotatable bonds is 8. The highest BCUT2D eigenvalue weighted by atomic mass is 127. The van der Waals surface area contributed by atoms with Gasteiger partial charge in [0.1, 0.15) is 6.61 Å². The number of halogens is 2. The Labute approximate surface area is 288 Å². The summed E-state index contributed by atoms with van der Waals surface area (Å²) in [4.78, 5) is 33.2. The second-order valence-electron chi connectivity index (χ2n) is 10.7. The number of aromatic nitrogens is 1. The summed E-state index contributed by atoms with van der Waals surface area (Å²) in [6.07, 6.45) is 1.82. The van der Waals surface area contributed by atoms with Crippen molar-refractivity contribution >= 4 is 63.2 Å². The maximum atomic E-state index is 14.2. The topological polar surface area (TPSA) is 81.9 Å². The summed E-state index contributed by atoms with van der Waals surface area (Å²) >= 11 is 9.81. The van der Waals surface area contributed by atoms with Crippen LogP contribution in [0.4, 0.5) is 5.69 Å². The van der Waals surface area contributed by atoms with Gasteiger partial charge in [-0.05, 0) is 84.0 Å². The van der Waals surface area contributed by atoms with Crippen LogP contribution in [-0.2, 0) is 11.4 Å². The van der Waals surface area contributed by atoms with E-state index in [4.69, 9.17) is 26.1 Å². The number of hydrogen-bond donors (Lipinski definition) is 1. The lowest BCUT2D eigenvalue weighted by atomic mass is 9.94. The van der Waals surface area contributed by atoms with Crippen LogP contribution in [0.2, 0.25) is 5.02 Å². The van der Waals surface area contributed by atoms with Crippen molar-refractivity contribution in [3.05, 3.63) is 153 Å². The SMILES string of the molecule is COc1cc(/C=c2\sc3n(c2=O)[C@H](c2ccc(C)cc2)C(C(=O)Nc2ccccc2)=C(C)N=3)cc(I)c1OCc1ccccc1Cl. The molecule has 0 spiro atoms. The van der Waals surface area contributed by atoms with Gasteiger partial charge in [-0.1, -0.05) is 89.2 Å². The lowest BCUT2D eigenvalue weighted by Crippen LogP contribution is -2.40. The molecule has 1 atom stereocenters. The van der Waals surface area contributed by atoms with Crippen LogP contribution in [0.25, 0.3) is 6.08 Å². The molecule has 0 radical (unpaired) electrons. The van der Waals surface area contributed by atoms with Crippen LogP contribution in [-0.4, -0.2) is 17.6 Å². The van der Waals surface area contributed by atoms with Crippen molar-refractivity contribution in [2.24, 2.45) is 4.99 Å². The zero-order valence-electron chi connectivity index (χ0n) is 25.2. The number of hydrogen-bond acceptors (Lipinski definition) is 6. The number of para-hydroxylation sites is 1. The Kier molecular flexibility index (Phi) is 9.44. The summed E-state index contributed by atoms with van der Waals surface area (Å²) in [5.41, 5.74) is 4.93. The highest BCUT2D eigenvalue weighted by Crippen LogP contribution is 2.35. The van der Waals surface area contributed by atoms with Crippen molar-refractivity contribution in [3.8, 4) is 11.5 Å². The van der Waals surface area contributed by atoms with Crippen LogP contribution in [0.1, 0.15) is 35.2 Å². The zero-order chi connectivity index (χ0) is 32.4. The van der Waals surface area contributed by atoms with Crippen LogP contribution >= 0.6 is 45.5 Å². The van der Waals surface area contributed by atoms with E-state index in [-0.39, 0.29) is 18.1 Å². The van der Waals surface area contributed by atoms with Gasteiger partial charge in [-0.15, -0.1) is 0 Å². The predicted octanol–water partition coefficient (Wildman–Crippen LogP) is 7.03. The van der Waals surface area contributed by atoms with Gasteiger partial charge in [-0.25, -0.2) is 4.99 Å².